The van der Waals surface area contributed by atoms with Crippen LogP contribution < -0.4 is 14.4 Å². The minimum absolute atomic E-state index is 0.131. The Kier molecular flexibility index (Phi) is 8.57. The summed E-state index contributed by atoms with van der Waals surface area (Å²) < 4.78 is 36.1. The number of halogens is 1. The normalized spacial score (nSPS) is 34.2. The van der Waals surface area contributed by atoms with Gasteiger partial charge in [0.2, 0.25) is 10.0 Å². The number of oxime groups is 1. The number of hydrogen-bond donors (Lipinski definition) is 1. The summed E-state index contributed by atoms with van der Waals surface area (Å²) in [7, 11) is -3.91. The number of likely N-dealkylation sites (tertiary alicyclic amines) is 1. The Morgan fingerprint density at radius 1 is 0.980 bits per heavy atom. The van der Waals surface area contributed by atoms with E-state index in [-0.39, 0.29) is 11.3 Å². The first-order chi connectivity index (χ1) is 23.6. The van der Waals surface area contributed by atoms with Crippen molar-refractivity contribution in [3.63, 3.8) is 0 Å². The number of carbonyl (C=O) groups excluding carboxylic acids is 1. The van der Waals surface area contributed by atoms with Crippen molar-refractivity contribution in [1.82, 2.24) is 9.62 Å². The number of nitrogens with zero attached hydrogens (tertiary/aromatic N) is 3. The minimum Gasteiger partial charge on any atom is -0.490 e. The van der Waals surface area contributed by atoms with Crippen LogP contribution in [-0.2, 0) is 26.7 Å². The van der Waals surface area contributed by atoms with Crippen LogP contribution >= 0.6 is 11.6 Å². The lowest BCUT2D eigenvalue weighted by molar-refractivity contribution is -0.118. The molecular weight excluding hydrogens is 660 g/mol. The molecule has 0 unspecified atom stereocenters. The number of nitrogens with one attached hydrogen (secondary N) is 1. The standard InChI is InChI=1S/C38H49ClN4O5S/c1-25-7-5-16-38(21-35(40-48-38)42-17-3-4-18-42)32-12-9-29(32)22-43-23-37(15-6-8-27-19-30(39)11-13-31(27)37)24-47-34-14-10-28(20-33(34)43)36(44)41-49(45,46)26(25)2/h10-11,13-14,19-20,25-26,29,32H,3-9,12,15-18,21-24H2,1-2H3,(H,41,44)/t25-,26+,29-,32+,37-,38-/m0/s1. The maximum absolute atomic E-state index is 13.6. The van der Waals surface area contributed by atoms with Gasteiger partial charge >= 0.3 is 0 Å². The van der Waals surface area contributed by atoms with E-state index < -0.39 is 26.8 Å². The highest BCUT2D eigenvalue weighted by Crippen LogP contribution is 2.52. The lowest BCUT2D eigenvalue weighted by Gasteiger charge is -2.49. The zero-order chi connectivity index (χ0) is 34.0. The predicted molar refractivity (Wildman–Crippen MR) is 192 cm³/mol. The molecule has 2 spiro atoms. The van der Waals surface area contributed by atoms with Gasteiger partial charge in [0.05, 0.1) is 24.0 Å². The number of amides is 1. The van der Waals surface area contributed by atoms with E-state index in [0.29, 0.717) is 24.0 Å². The van der Waals surface area contributed by atoms with Crippen LogP contribution in [0.25, 0.3) is 0 Å². The largest absolute Gasteiger partial charge is 0.490 e. The van der Waals surface area contributed by atoms with Crippen molar-refractivity contribution in [1.29, 1.82) is 0 Å². The second kappa shape index (κ2) is 12.7. The predicted octanol–water partition coefficient (Wildman–Crippen LogP) is 6.68. The summed E-state index contributed by atoms with van der Waals surface area (Å²) in [4.78, 5) is 25.0. The van der Waals surface area contributed by atoms with E-state index in [9.17, 15) is 13.2 Å². The first-order valence-corrected chi connectivity index (χ1v) is 20.3. The fraction of sp³-hybridized carbons (Fsp3) is 0.632. The first-order valence-electron chi connectivity index (χ1n) is 18.4. The monoisotopic (exact) mass is 708 g/mol. The van der Waals surface area contributed by atoms with Gasteiger partial charge in [-0.15, -0.1) is 0 Å². The average Bonchev–Trinajstić information content (AvgIpc) is 3.72. The second-order valence-corrected chi connectivity index (χ2v) is 18.3. The van der Waals surface area contributed by atoms with E-state index in [4.69, 9.17) is 26.3 Å². The molecular formula is C38H49ClN4O5S. The van der Waals surface area contributed by atoms with Crippen molar-refractivity contribution in [2.75, 3.05) is 37.7 Å². The summed E-state index contributed by atoms with van der Waals surface area (Å²) in [6.07, 6.45) is 10.8. The Labute approximate surface area is 295 Å². The lowest BCUT2D eigenvalue weighted by Crippen LogP contribution is -2.53. The Bertz CT molecular complexity index is 1760. The van der Waals surface area contributed by atoms with E-state index in [1.54, 1.807) is 13.0 Å². The molecule has 1 saturated heterocycles. The molecule has 11 heteroatoms. The minimum atomic E-state index is -3.91. The van der Waals surface area contributed by atoms with Crippen LogP contribution in [0.1, 0.15) is 99.5 Å². The molecule has 49 heavy (non-hydrogen) atoms. The molecule has 2 aliphatic carbocycles. The Morgan fingerprint density at radius 2 is 1.82 bits per heavy atom. The Hall–Kier alpha value is -2.98. The summed E-state index contributed by atoms with van der Waals surface area (Å²) >= 11 is 6.48. The third-order valence-corrected chi connectivity index (χ3v) is 15.0. The molecule has 6 aliphatic rings. The molecule has 1 amide bonds. The van der Waals surface area contributed by atoms with E-state index in [1.165, 1.54) is 24.0 Å². The third-order valence-electron chi connectivity index (χ3n) is 12.9. The molecule has 9 nitrogen and oxygen atoms in total. The number of aryl methyl sites for hydroxylation is 1. The zero-order valence-corrected chi connectivity index (χ0v) is 30.3. The van der Waals surface area contributed by atoms with Gasteiger partial charge in [0, 0.05) is 48.1 Å². The molecule has 0 radical (unpaired) electrons. The van der Waals surface area contributed by atoms with E-state index in [0.717, 1.165) is 106 Å². The smallest absolute Gasteiger partial charge is 0.264 e. The highest BCUT2D eigenvalue weighted by molar-refractivity contribution is 7.90. The van der Waals surface area contributed by atoms with Gasteiger partial charge in [0.25, 0.3) is 5.91 Å². The zero-order valence-electron chi connectivity index (χ0n) is 28.8. The maximum atomic E-state index is 13.6. The molecule has 4 aliphatic heterocycles. The highest BCUT2D eigenvalue weighted by atomic mass is 35.5. The van der Waals surface area contributed by atoms with Gasteiger partial charge < -0.3 is 19.4 Å². The Morgan fingerprint density at radius 3 is 2.61 bits per heavy atom. The number of rotatable bonds is 0. The summed E-state index contributed by atoms with van der Waals surface area (Å²) in [5.74, 6) is 1.78. The molecule has 8 rings (SSSR count). The third kappa shape index (κ3) is 5.98. The van der Waals surface area contributed by atoms with Crippen molar-refractivity contribution in [2.24, 2.45) is 22.9 Å². The number of anilines is 1. The molecule has 2 aromatic carbocycles. The average molecular weight is 709 g/mol. The van der Waals surface area contributed by atoms with Crippen molar-refractivity contribution in [2.45, 2.75) is 101 Å². The van der Waals surface area contributed by atoms with Gasteiger partial charge in [-0.1, -0.05) is 29.7 Å². The van der Waals surface area contributed by atoms with Crippen LogP contribution in [0.15, 0.2) is 41.6 Å². The molecule has 2 bridgehead atoms. The van der Waals surface area contributed by atoms with Crippen LogP contribution in [0.2, 0.25) is 5.02 Å². The Balaban J connectivity index is 1.19. The molecule has 0 aromatic heterocycles. The summed E-state index contributed by atoms with van der Waals surface area (Å²) in [5, 5.41) is 4.79. The van der Waals surface area contributed by atoms with Crippen LogP contribution in [0.4, 0.5) is 5.69 Å². The molecule has 1 saturated carbocycles. The summed E-state index contributed by atoms with van der Waals surface area (Å²) in [6.45, 7) is 7.81. The maximum Gasteiger partial charge on any atom is 0.264 e. The van der Waals surface area contributed by atoms with Crippen molar-refractivity contribution < 1.29 is 22.8 Å². The second-order valence-electron chi connectivity index (χ2n) is 15.8. The van der Waals surface area contributed by atoms with Crippen molar-refractivity contribution >= 4 is 39.1 Å². The number of fused-ring (bicyclic) bond motifs is 5. The van der Waals surface area contributed by atoms with Crippen LogP contribution in [0, 0.1) is 17.8 Å². The highest BCUT2D eigenvalue weighted by Gasteiger charge is 2.54. The topological polar surface area (TPSA) is 101 Å². The van der Waals surface area contributed by atoms with Crippen molar-refractivity contribution in [3.05, 3.63) is 58.1 Å². The van der Waals surface area contributed by atoms with Gasteiger partial charge in [-0.25, -0.2) is 13.1 Å². The van der Waals surface area contributed by atoms with Crippen LogP contribution in [-0.4, -0.2) is 68.7 Å². The summed E-state index contributed by atoms with van der Waals surface area (Å²) in [5.41, 5.74) is 3.09. The number of benzene rings is 2. The number of amidine groups is 1. The van der Waals surface area contributed by atoms with Crippen LogP contribution in [0.3, 0.4) is 0 Å². The molecule has 264 valence electrons. The van der Waals surface area contributed by atoms with Gasteiger partial charge in [0.15, 0.2) is 0 Å². The number of hydrogen-bond acceptors (Lipinski definition) is 8. The van der Waals surface area contributed by atoms with Gasteiger partial charge in [-0.2, -0.15) is 0 Å². The van der Waals surface area contributed by atoms with Crippen molar-refractivity contribution in [3.8, 4) is 5.75 Å². The molecule has 1 N–H and O–H groups in total. The molecule has 4 heterocycles. The lowest BCUT2D eigenvalue weighted by atomic mass is 9.62. The SMILES string of the molecule is C[C@@H]1[C@@H](C)CCC[C@]2(CC(N3CCCC3)=NO2)[C@@H]2CC[C@H]2CN2C[C@@]3(CCCc4cc(Cl)ccc43)COc3ccc(cc32)C(=O)NS1(=O)=O. The first kappa shape index (κ1) is 33.2. The van der Waals surface area contributed by atoms with E-state index >= 15 is 0 Å². The fourth-order valence-corrected chi connectivity index (χ4v) is 11.2. The molecule has 2 fully saturated rings. The van der Waals surface area contributed by atoms with E-state index in [2.05, 4.69) is 26.7 Å². The van der Waals surface area contributed by atoms with Gasteiger partial charge in [-0.05, 0) is 124 Å². The quantitative estimate of drug-likeness (QED) is 0.326. The molecule has 6 atom stereocenters. The molecule has 2 aromatic rings. The van der Waals surface area contributed by atoms with Gasteiger partial charge in [0.1, 0.15) is 17.2 Å². The summed E-state index contributed by atoms with van der Waals surface area (Å²) in [6, 6.07) is 11.7. The fourth-order valence-electron chi connectivity index (χ4n) is 9.70. The van der Waals surface area contributed by atoms with Crippen LogP contribution in [0.5, 0.6) is 5.75 Å². The van der Waals surface area contributed by atoms with Gasteiger partial charge in [-0.3, -0.25) is 4.79 Å². The number of ether oxygens (including phenoxy) is 1. The number of carbonyl (C=O) groups is 1. The van der Waals surface area contributed by atoms with E-state index in [1.807, 2.05) is 25.1 Å². The number of sulfonamides is 1.